The number of rotatable bonds is 0. The van der Waals surface area contributed by atoms with E-state index in [0.29, 0.717) is 19.5 Å². The van der Waals surface area contributed by atoms with Crippen molar-refractivity contribution < 1.29 is 9.90 Å². The summed E-state index contributed by atoms with van der Waals surface area (Å²) >= 11 is 2.92. The van der Waals surface area contributed by atoms with Crippen LogP contribution >= 0.6 is 15.9 Å². The highest BCUT2D eigenvalue weighted by Crippen LogP contribution is 2.28. The molecule has 1 amide bonds. The molecule has 15 heavy (non-hydrogen) atoms. The van der Waals surface area contributed by atoms with E-state index >= 15 is 0 Å². The minimum Gasteiger partial charge on any atom is -0.393 e. The predicted octanol–water partition coefficient (Wildman–Crippen LogP) is 1.35. The molecule has 1 rings (SSSR count). The Kier molecular flexibility index (Phi) is 4.18. The van der Waals surface area contributed by atoms with Crippen molar-refractivity contribution in [2.75, 3.05) is 13.1 Å². The van der Waals surface area contributed by atoms with Crippen LogP contribution in [0, 0.1) is 16.2 Å². The standard InChI is InChI=1S/C11H16BrNO2/c1-11(2)7-9(14)4-6-13(8-11)10(15)3-5-12/h9,14H,4,6-8H2,1-2H3. The van der Waals surface area contributed by atoms with Gasteiger partial charge in [0.2, 0.25) is 0 Å². The third-order valence-electron chi connectivity index (χ3n) is 2.58. The Balaban J connectivity index is 2.74. The highest BCUT2D eigenvalue weighted by atomic mass is 79.9. The molecule has 0 spiro atoms. The lowest BCUT2D eigenvalue weighted by atomic mass is 9.87. The zero-order valence-electron chi connectivity index (χ0n) is 9.09. The maximum atomic E-state index is 11.6. The molecule has 84 valence electrons. The van der Waals surface area contributed by atoms with Gasteiger partial charge in [0.1, 0.15) is 0 Å². The first-order valence-electron chi connectivity index (χ1n) is 5.03. The van der Waals surface area contributed by atoms with Gasteiger partial charge in [-0.1, -0.05) is 13.8 Å². The van der Waals surface area contributed by atoms with E-state index in [9.17, 15) is 9.90 Å². The average Bonchev–Trinajstić information content (AvgIpc) is 2.23. The monoisotopic (exact) mass is 273 g/mol. The van der Waals surface area contributed by atoms with Gasteiger partial charge in [-0.15, -0.1) is 0 Å². The number of aliphatic hydroxyl groups excluding tert-OH is 1. The predicted molar refractivity (Wildman–Crippen MR) is 62.3 cm³/mol. The first-order chi connectivity index (χ1) is 6.94. The lowest BCUT2D eigenvalue weighted by Gasteiger charge is -2.28. The summed E-state index contributed by atoms with van der Waals surface area (Å²) in [6, 6.07) is 0. The van der Waals surface area contributed by atoms with Gasteiger partial charge in [-0.3, -0.25) is 4.79 Å². The molecule has 1 aliphatic heterocycles. The van der Waals surface area contributed by atoms with E-state index in [1.54, 1.807) is 4.90 Å². The Morgan fingerprint density at radius 3 is 2.87 bits per heavy atom. The Bertz CT molecular complexity index is 303. The number of aliphatic hydroxyl groups is 1. The summed E-state index contributed by atoms with van der Waals surface area (Å²) in [5, 5.41) is 9.67. The molecule has 4 heteroatoms. The van der Waals surface area contributed by atoms with Crippen LogP contribution in [0.3, 0.4) is 0 Å². The van der Waals surface area contributed by atoms with Crippen molar-refractivity contribution in [1.82, 2.24) is 4.90 Å². The molecule has 1 N–H and O–H groups in total. The quantitative estimate of drug-likeness (QED) is 0.677. The lowest BCUT2D eigenvalue weighted by molar-refractivity contribution is -0.126. The second-order valence-electron chi connectivity index (χ2n) is 4.76. The van der Waals surface area contributed by atoms with Crippen molar-refractivity contribution in [3.05, 3.63) is 0 Å². The molecule has 1 aliphatic rings. The molecule has 3 nitrogen and oxygen atoms in total. The fraction of sp³-hybridized carbons (Fsp3) is 0.727. The van der Waals surface area contributed by atoms with Gasteiger partial charge in [-0.2, -0.15) is 0 Å². The van der Waals surface area contributed by atoms with Crippen molar-refractivity contribution in [3.63, 3.8) is 0 Å². The Hall–Kier alpha value is -0.530. The number of nitrogens with zero attached hydrogens (tertiary/aromatic N) is 1. The topological polar surface area (TPSA) is 40.5 Å². The minimum absolute atomic E-state index is 0.0421. The third-order valence-corrected chi connectivity index (χ3v) is 2.78. The van der Waals surface area contributed by atoms with Crippen molar-refractivity contribution in [2.45, 2.75) is 32.8 Å². The number of carbonyl (C=O) groups excluding carboxylic acids is 1. The molecule has 0 aromatic rings. The Morgan fingerprint density at radius 2 is 2.27 bits per heavy atom. The summed E-state index contributed by atoms with van der Waals surface area (Å²) < 4.78 is 0. The summed E-state index contributed by atoms with van der Waals surface area (Å²) in [6.45, 7) is 5.36. The zero-order chi connectivity index (χ0) is 11.5. The van der Waals surface area contributed by atoms with E-state index < -0.39 is 0 Å². The molecular formula is C11H16BrNO2. The van der Waals surface area contributed by atoms with Crippen LogP contribution in [0.15, 0.2) is 0 Å². The molecule has 0 radical (unpaired) electrons. The number of hydrogen-bond acceptors (Lipinski definition) is 2. The van der Waals surface area contributed by atoms with E-state index in [2.05, 4.69) is 40.5 Å². The van der Waals surface area contributed by atoms with Gasteiger partial charge in [0.15, 0.2) is 0 Å². The maximum Gasteiger partial charge on any atom is 0.299 e. The number of amides is 1. The van der Waals surface area contributed by atoms with E-state index in [1.807, 2.05) is 0 Å². The molecule has 0 saturated carbocycles. The molecule has 0 bridgehead atoms. The largest absolute Gasteiger partial charge is 0.393 e. The maximum absolute atomic E-state index is 11.6. The third kappa shape index (κ3) is 3.84. The molecule has 0 aliphatic carbocycles. The van der Waals surface area contributed by atoms with Crippen LogP contribution in [0.25, 0.3) is 0 Å². The van der Waals surface area contributed by atoms with Crippen LogP contribution < -0.4 is 0 Å². The van der Waals surface area contributed by atoms with Crippen molar-refractivity contribution in [1.29, 1.82) is 0 Å². The molecule has 1 fully saturated rings. The molecule has 1 saturated heterocycles. The van der Waals surface area contributed by atoms with E-state index in [-0.39, 0.29) is 17.4 Å². The van der Waals surface area contributed by atoms with Gasteiger partial charge in [0, 0.05) is 34.9 Å². The van der Waals surface area contributed by atoms with Gasteiger partial charge >= 0.3 is 0 Å². The molecule has 1 atom stereocenters. The summed E-state index contributed by atoms with van der Waals surface area (Å²) in [5.41, 5.74) is -0.0421. The lowest BCUT2D eigenvalue weighted by Crippen LogP contribution is -2.36. The van der Waals surface area contributed by atoms with Crippen LogP contribution in [0.4, 0.5) is 0 Å². The fourth-order valence-corrected chi connectivity index (χ4v) is 2.17. The summed E-state index contributed by atoms with van der Waals surface area (Å²) in [6.07, 6.45) is 1.06. The summed E-state index contributed by atoms with van der Waals surface area (Å²) in [5.74, 6) is 2.30. The van der Waals surface area contributed by atoms with E-state index in [1.165, 1.54) is 0 Å². The number of halogens is 1. The summed E-state index contributed by atoms with van der Waals surface area (Å²) in [4.78, 5) is 15.7. The van der Waals surface area contributed by atoms with E-state index in [4.69, 9.17) is 0 Å². The smallest absolute Gasteiger partial charge is 0.299 e. The first kappa shape index (κ1) is 12.5. The normalized spacial score (nSPS) is 25.1. The Morgan fingerprint density at radius 1 is 1.60 bits per heavy atom. The molecular weight excluding hydrogens is 258 g/mol. The van der Waals surface area contributed by atoms with Crippen molar-refractivity contribution >= 4 is 21.8 Å². The summed E-state index contributed by atoms with van der Waals surface area (Å²) in [7, 11) is 0. The minimum atomic E-state index is -0.310. The molecule has 1 heterocycles. The van der Waals surface area contributed by atoms with Crippen LogP contribution in [0.5, 0.6) is 0 Å². The Labute approximate surface area is 99.0 Å². The molecule has 1 unspecified atom stereocenters. The van der Waals surface area contributed by atoms with Crippen LogP contribution in [-0.2, 0) is 4.79 Å². The average molecular weight is 274 g/mol. The van der Waals surface area contributed by atoms with Crippen LogP contribution in [0.1, 0.15) is 26.7 Å². The van der Waals surface area contributed by atoms with Gasteiger partial charge in [-0.25, -0.2) is 0 Å². The molecule has 0 aromatic carbocycles. The fourth-order valence-electron chi connectivity index (χ4n) is 2.00. The van der Waals surface area contributed by atoms with Gasteiger partial charge in [0.05, 0.1) is 6.10 Å². The van der Waals surface area contributed by atoms with E-state index in [0.717, 1.165) is 6.42 Å². The van der Waals surface area contributed by atoms with Gasteiger partial charge in [0.25, 0.3) is 5.91 Å². The van der Waals surface area contributed by atoms with Crippen LogP contribution in [0.2, 0.25) is 0 Å². The van der Waals surface area contributed by atoms with Crippen molar-refractivity contribution in [2.24, 2.45) is 5.41 Å². The van der Waals surface area contributed by atoms with Crippen LogP contribution in [-0.4, -0.2) is 35.1 Å². The number of carbonyl (C=O) groups is 1. The van der Waals surface area contributed by atoms with Gasteiger partial charge < -0.3 is 10.0 Å². The van der Waals surface area contributed by atoms with Crippen molar-refractivity contribution in [3.8, 4) is 10.8 Å². The highest BCUT2D eigenvalue weighted by Gasteiger charge is 2.30. The second kappa shape index (κ2) is 5.00. The highest BCUT2D eigenvalue weighted by molar-refractivity contribution is 9.12. The number of likely N-dealkylation sites (tertiary alicyclic amines) is 1. The first-order valence-corrected chi connectivity index (χ1v) is 5.82. The molecule has 0 aromatic heterocycles. The number of hydrogen-bond donors (Lipinski definition) is 1. The second-order valence-corrected chi connectivity index (χ2v) is 5.15. The SMILES string of the molecule is CC1(C)CC(O)CCN(C(=O)C#CBr)C1. The zero-order valence-corrected chi connectivity index (χ0v) is 10.7. The van der Waals surface area contributed by atoms with Gasteiger partial charge in [-0.05, 0) is 23.1 Å².